The van der Waals surface area contributed by atoms with Crippen molar-refractivity contribution in [2.45, 2.75) is 6.04 Å². The largest absolute Gasteiger partial charge is 0.507 e. The number of aliphatic carboxylic acids is 1. The molecule has 0 radical (unpaired) electrons. The highest BCUT2D eigenvalue weighted by molar-refractivity contribution is 6.46. The van der Waals surface area contributed by atoms with Gasteiger partial charge in [-0.2, -0.15) is 0 Å². The minimum Gasteiger partial charge on any atom is -0.507 e. The van der Waals surface area contributed by atoms with Crippen LogP contribution in [0.2, 0.25) is 0 Å². The number of carbonyl (C=O) groups excluding carboxylic acids is 2. The summed E-state index contributed by atoms with van der Waals surface area (Å²) in [6, 6.07) is 12.1. The third-order valence-corrected chi connectivity index (χ3v) is 4.09. The van der Waals surface area contributed by atoms with E-state index in [0.717, 1.165) is 11.0 Å². The summed E-state index contributed by atoms with van der Waals surface area (Å²) in [7, 11) is 0. The highest BCUT2D eigenvalue weighted by Crippen LogP contribution is 2.39. The van der Waals surface area contributed by atoms with Crippen LogP contribution < -0.4 is 0 Å². The molecule has 1 heterocycles. The molecule has 2 aromatic rings. The molecule has 1 fully saturated rings. The SMILES string of the molecule is O=C(O)CN1C(=O)C(=O)C(=C(O)c2ccccc2)[C@@H]1c1ccccc1F. The van der Waals surface area contributed by atoms with Crippen LogP contribution in [0.3, 0.4) is 0 Å². The average Bonchev–Trinajstić information content (AvgIpc) is 2.87. The van der Waals surface area contributed by atoms with E-state index < -0.39 is 41.8 Å². The van der Waals surface area contributed by atoms with E-state index in [0.29, 0.717) is 0 Å². The van der Waals surface area contributed by atoms with E-state index in [1.807, 2.05) is 0 Å². The van der Waals surface area contributed by atoms with E-state index in [1.165, 1.54) is 30.3 Å². The van der Waals surface area contributed by atoms with E-state index in [4.69, 9.17) is 5.11 Å². The van der Waals surface area contributed by atoms with Crippen molar-refractivity contribution in [1.82, 2.24) is 4.90 Å². The number of Topliss-reactive ketones (excluding diaryl/α,β-unsaturated/α-hetero) is 1. The Kier molecular flexibility index (Phi) is 4.53. The van der Waals surface area contributed by atoms with Gasteiger partial charge in [-0.05, 0) is 6.07 Å². The first kappa shape index (κ1) is 17.3. The molecule has 1 atom stereocenters. The molecule has 6 nitrogen and oxygen atoms in total. The highest BCUT2D eigenvalue weighted by Gasteiger charge is 2.47. The topological polar surface area (TPSA) is 94.9 Å². The van der Waals surface area contributed by atoms with Gasteiger partial charge < -0.3 is 15.1 Å². The molecule has 2 aromatic carbocycles. The number of hydrogen-bond acceptors (Lipinski definition) is 4. The quantitative estimate of drug-likeness (QED) is 0.499. The van der Waals surface area contributed by atoms with Crippen molar-refractivity contribution < 1.29 is 29.0 Å². The van der Waals surface area contributed by atoms with E-state index >= 15 is 0 Å². The number of carboxylic acids is 1. The zero-order chi connectivity index (χ0) is 18.8. The number of rotatable bonds is 4. The number of aliphatic hydroxyl groups is 1. The van der Waals surface area contributed by atoms with Crippen molar-refractivity contribution in [3.8, 4) is 0 Å². The third-order valence-electron chi connectivity index (χ3n) is 4.09. The van der Waals surface area contributed by atoms with Crippen LogP contribution in [-0.2, 0) is 14.4 Å². The van der Waals surface area contributed by atoms with Crippen LogP contribution in [0, 0.1) is 5.82 Å². The summed E-state index contributed by atoms with van der Waals surface area (Å²) in [6.45, 7) is -0.796. The lowest BCUT2D eigenvalue weighted by Crippen LogP contribution is -2.34. The Morgan fingerprint density at radius 3 is 2.23 bits per heavy atom. The molecule has 1 amide bonds. The van der Waals surface area contributed by atoms with Gasteiger partial charge >= 0.3 is 5.97 Å². The van der Waals surface area contributed by atoms with Crippen molar-refractivity contribution >= 4 is 23.4 Å². The third kappa shape index (κ3) is 2.95. The molecule has 0 aliphatic carbocycles. The first-order valence-corrected chi connectivity index (χ1v) is 7.72. The lowest BCUT2D eigenvalue weighted by atomic mass is 9.95. The summed E-state index contributed by atoms with van der Waals surface area (Å²) < 4.78 is 14.3. The Balaban J connectivity index is 2.24. The van der Waals surface area contributed by atoms with Crippen LogP contribution in [0.4, 0.5) is 4.39 Å². The summed E-state index contributed by atoms with van der Waals surface area (Å²) in [6.07, 6.45) is 0. The van der Waals surface area contributed by atoms with Crippen LogP contribution in [-0.4, -0.2) is 39.3 Å². The average molecular weight is 355 g/mol. The van der Waals surface area contributed by atoms with Crippen LogP contribution in [0.1, 0.15) is 17.2 Å². The van der Waals surface area contributed by atoms with E-state index in [9.17, 15) is 23.9 Å². The molecule has 132 valence electrons. The van der Waals surface area contributed by atoms with Crippen molar-refractivity contribution in [1.29, 1.82) is 0 Å². The maximum atomic E-state index is 14.3. The van der Waals surface area contributed by atoms with E-state index in [1.54, 1.807) is 18.2 Å². The minimum atomic E-state index is -1.35. The number of likely N-dealkylation sites (tertiary alicyclic amines) is 1. The van der Waals surface area contributed by atoms with Crippen LogP contribution in [0.25, 0.3) is 5.76 Å². The van der Waals surface area contributed by atoms with E-state index in [2.05, 4.69) is 0 Å². The molecule has 0 aromatic heterocycles. The number of carboxylic acid groups (broad SMARTS) is 1. The van der Waals surface area contributed by atoms with Gasteiger partial charge in [0.1, 0.15) is 18.1 Å². The van der Waals surface area contributed by atoms with Crippen molar-refractivity contribution in [2.24, 2.45) is 0 Å². The standard InChI is InChI=1S/C19H14FNO5/c20-13-9-5-4-8-12(13)16-15(17(24)11-6-2-1-3-7-11)18(25)19(26)21(16)10-14(22)23/h1-9,16,24H,10H2,(H,22,23)/t16-/m0/s1. The fourth-order valence-electron chi connectivity index (χ4n) is 2.96. The smallest absolute Gasteiger partial charge is 0.323 e. The van der Waals surface area contributed by atoms with Crippen molar-refractivity contribution in [3.63, 3.8) is 0 Å². The molecule has 2 N–H and O–H groups in total. The van der Waals surface area contributed by atoms with Crippen molar-refractivity contribution in [2.75, 3.05) is 6.54 Å². The molecule has 1 aliphatic rings. The van der Waals surface area contributed by atoms with Gasteiger partial charge in [0.15, 0.2) is 0 Å². The maximum absolute atomic E-state index is 14.3. The van der Waals surface area contributed by atoms with Gasteiger partial charge in [0.05, 0.1) is 11.6 Å². The van der Waals surface area contributed by atoms with Gasteiger partial charge in [0, 0.05) is 11.1 Å². The van der Waals surface area contributed by atoms with Gasteiger partial charge in [-0.1, -0.05) is 48.5 Å². The second kappa shape index (κ2) is 6.79. The maximum Gasteiger partial charge on any atom is 0.323 e. The first-order chi connectivity index (χ1) is 12.4. The summed E-state index contributed by atoms with van der Waals surface area (Å²) in [5.41, 5.74) is -0.139. The number of nitrogens with zero attached hydrogens (tertiary/aromatic N) is 1. The second-order valence-electron chi connectivity index (χ2n) is 5.71. The summed E-state index contributed by atoms with van der Waals surface area (Å²) in [4.78, 5) is 36.7. The van der Waals surface area contributed by atoms with Gasteiger partial charge in [-0.15, -0.1) is 0 Å². The number of aliphatic hydroxyl groups excluding tert-OH is 1. The summed E-state index contributed by atoms with van der Waals surface area (Å²) >= 11 is 0. The fraction of sp³-hybridized carbons (Fsp3) is 0.105. The van der Waals surface area contributed by atoms with Gasteiger partial charge in [-0.25, -0.2) is 4.39 Å². The first-order valence-electron chi connectivity index (χ1n) is 7.72. The molecular formula is C19H14FNO5. The number of carbonyl (C=O) groups is 3. The number of benzene rings is 2. The summed E-state index contributed by atoms with van der Waals surface area (Å²) in [5, 5.41) is 19.7. The Morgan fingerprint density at radius 2 is 1.62 bits per heavy atom. The normalized spacial score (nSPS) is 19.0. The zero-order valence-electron chi connectivity index (χ0n) is 13.4. The van der Waals surface area contributed by atoms with E-state index in [-0.39, 0.29) is 16.7 Å². The lowest BCUT2D eigenvalue weighted by Gasteiger charge is -2.24. The number of ketones is 1. The molecule has 0 spiro atoms. The summed E-state index contributed by atoms with van der Waals surface area (Å²) in [5.74, 6) is -4.70. The lowest BCUT2D eigenvalue weighted by molar-refractivity contribution is -0.146. The van der Waals surface area contributed by atoms with Crippen LogP contribution in [0.15, 0.2) is 60.2 Å². The molecule has 7 heteroatoms. The molecule has 0 unspecified atom stereocenters. The van der Waals surface area contributed by atoms with Gasteiger partial charge in [0.25, 0.3) is 11.7 Å². The highest BCUT2D eigenvalue weighted by atomic mass is 19.1. The molecule has 1 aliphatic heterocycles. The monoisotopic (exact) mass is 355 g/mol. The van der Waals surface area contributed by atoms with Gasteiger partial charge in [0.2, 0.25) is 0 Å². The molecule has 3 rings (SSSR count). The zero-order valence-corrected chi connectivity index (χ0v) is 13.4. The predicted molar refractivity (Wildman–Crippen MR) is 89.5 cm³/mol. The Bertz CT molecular complexity index is 923. The second-order valence-corrected chi connectivity index (χ2v) is 5.71. The Labute approximate surface area is 147 Å². The number of halogens is 1. The Hall–Kier alpha value is -3.48. The number of hydrogen-bond donors (Lipinski definition) is 2. The molecule has 0 saturated carbocycles. The predicted octanol–water partition coefficient (Wildman–Crippen LogP) is 2.33. The van der Waals surface area contributed by atoms with Gasteiger partial charge in [-0.3, -0.25) is 14.4 Å². The molecular weight excluding hydrogens is 341 g/mol. The molecule has 26 heavy (non-hydrogen) atoms. The molecule has 0 bridgehead atoms. The minimum absolute atomic E-state index is 0.0644. The van der Waals surface area contributed by atoms with Crippen molar-refractivity contribution in [3.05, 3.63) is 77.1 Å². The van der Waals surface area contributed by atoms with Crippen LogP contribution in [0.5, 0.6) is 0 Å². The fourth-order valence-corrected chi connectivity index (χ4v) is 2.96. The molecule has 1 saturated heterocycles. The Morgan fingerprint density at radius 1 is 1.00 bits per heavy atom. The van der Waals surface area contributed by atoms with Crippen LogP contribution >= 0.6 is 0 Å². The number of amides is 1.